The molecule has 2 fully saturated rings. The minimum absolute atomic E-state index is 0.393. The molecule has 0 amide bonds. The van der Waals surface area contributed by atoms with E-state index in [0.29, 0.717) is 36.0 Å². The van der Waals surface area contributed by atoms with Crippen molar-refractivity contribution in [3.05, 3.63) is 60.0 Å². The normalized spacial score (nSPS) is 18.0. The predicted octanol–water partition coefficient (Wildman–Crippen LogP) is 3.89. The van der Waals surface area contributed by atoms with Gasteiger partial charge in [0.25, 0.3) is 0 Å². The smallest absolute Gasteiger partial charge is 0.227 e. The van der Waals surface area contributed by atoms with E-state index in [1.54, 1.807) is 0 Å². The van der Waals surface area contributed by atoms with Crippen molar-refractivity contribution >= 4 is 23.4 Å². The zero-order valence-corrected chi connectivity index (χ0v) is 19.7. The molecule has 1 aliphatic heterocycles. The second-order valence-corrected chi connectivity index (χ2v) is 9.24. The lowest BCUT2D eigenvalue weighted by molar-refractivity contribution is 0.390. The minimum Gasteiger partial charge on any atom is -0.359 e. The minimum atomic E-state index is 0.393. The Morgan fingerprint density at radius 2 is 1.97 bits per heavy atom. The summed E-state index contributed by atoms with van der Waals surface area (Å²) in [6, 6.07) is 16.4. The van der Waals surface area contributed by atoms with Crippen molar-refractivity contribution < 1.29 is 4.52 Å². The van der Waals surface area contributed by atoms with Crippen LogP contribution >= 0.6 is 0 Å². The van der Waals surface area contributed by atoms with Gasteiger partial charge in [0.2, 0.25) is 5.95 Å². The molecule has 4 heterocycles. The number of rotatable bonds is 8. The molecule has 180 valence electrons. The summed E-state index contributed by atoms with van der Waals surface area (Å²) in [5.74, 6) is 4.18. The van der Waals surface area contributed by atoms with Gasteiger partial charge in [-0.3, -0.25) is 5.10 Å². The van der Waals surface area contributed by atoms with Gasteiger partial charge in [0.05, 0.1) is 6.54 Å². The van der Waals surface area contributed by atoms with E-state index >= 15 is 0 Å². The largest absolute Gasteiger partial charge is 0.359 e. The summed E-state index contributed by atoms with van der Waals surface area (Å²) in [7, 11) is 0. The van der Waals surface area contributed by atoms with E-state index in [2.05, 4.69) is 49.2 Å². The van der Waals surface area contributed by atoms with Crippen LogP contribution in [0, 0.1) is 0 Å². The molecule has 1 unspecified atom stereocenters. The number of piperazine rings is 1. The van der Waals surface area contributed by atoms with Crippen LogP contribution < -0.4 is 20.9 Å². The first kappa shape index (κ1) is 21.6. The molecule has 35 heavy (non-hydrogen) atoms. The number of aromatic amines is 1. The number of nitrogens with one attached hydrogen (secondary N) is 4. The lowest BCUT2D eigenvalue weighted by Crippen LogP contribution is -2.49. The van der Waals surface area contributed by atoms with Crippen LogP contribution in [0.25, 0.3) is 11.3 Å². The average Bonchev–Trinajstić information content (AvgIpc) is 3.44. The number of aromatic nitrogens is 5. The van der Waals surface area contributed by atoms with Crippen LogP contribution in [-0.2, 0) is 6.54 Å². The van der Waals surface area contributed by atoms with Crippen molar-refractivity contribution in [2.75, 3.05) is 35.2 Å². The lowest BCUT2D eigenvalue weighted by atomic mass is 10.1. The van der Waals surface area contributed by atoms with Crippen LogP contribution in [0.15, 0.2) is 53.1 Å². The Morgan fingerprint density at radius 1 is 1.09 bits per heavy atom. The maximum Gasteiger partial charge on any atom is 0.227 e. The van der Waals surface area contributed by atoms with Gasteiger partial charge >= 0.3 is 0 Å². The van der Waals surface area contributed by atoms with Crippen LogP contribution in [-0.4, -0.2) is 51.0 Å². The zero-order chi connectivity index (χ0) is 23.6. The van der Waals surface area contributed by atoms with E-state index in [1.165, 1.54) is 18.5 Å². The second-order valence-electron chi connectivity index (χ2n) is 9.24. The SMILES string of the molecule is CC1CN(c2cc(Nc3cc(C4CC4)[nH]n3)nc(NCc3cc(-c4ccccc4)no3)n2)CCN1. The fraction of sp³-hybridized carbons (Fsp3) is 0.360. The Kier molecular flexibility index (Phi) is 5.79. The third-order valence-electron chi connectivity index (χ3n) is 6.33. The summed E-state index contributed by atoms with van der Waals surface area (Å²) in [4.78, 5) is 11.8. The molecule has 1 atom stereocenters. The van der Waals surface area contributed by atoms with Gasteiger partial charge in [-0.1, -0.05) is 35.5 Å². The number of hydrogen-bond donors (Lipinski definition) is 4. The highest BCUT2D eigenvalue weighted by Gasteiger charge is 2.26. The molecular formula is C25H29N9O. The number of H-pyrrole nitrogens is 1. The van der Waals surface area contributed by atoms with Gasteiger partial charge in [-0.15, -0.1) is 0 Å². The number of benzene rings is 1. The molecule has 1 aliphatic carbocycles. The molecule has 1 saturated carbocycles. The summed E-state index contributed by atoms with van der Waals surface area (Å²) in [5, 5.41) is 21.9. The molecule has 4 aromatic rings. The van der Waals surface area contributed by atoms with Gasteiger partial charge in [-0.05, 0) is 19.8 Å². The van der Waals surface area contributed by atoms with E-state index in [-0.39, 0.29) is 0 Å². The maximum atomic E-state index is 5.54. The standard InChI is InChI=1S/C25H29N9O/c1-16-15-34(10-9-26-16)24-13-22(28-23-12-20(31-32-23)18-7-8-18)29-25(30-24)27-14-19-11-21(33-35-19)17-5-3-2-4-6-17/h2-6,11-13,16,18,26H,7-10,14-15H2,1H3,(H3,27,28,29,30,31,32). The average molecular weight is 472 g/mol. The fourth-order valence-corrected chi connectivity index (χ4v) is 4.32. The molecule has 4 N–H and O–H groups in total. The first-order valence-corrected chi connectivity index (χ1v) is 12.1. The molecule has 3 aromatic heterocycles. The van der Waals surface area contributed by atoms with E-state index in [0.717, 1.165) is 42.5 Å². The summed E-state index contributed by atoms with van der Waals surface area (Å²) in [6.07, 6.45) is 2.45. The number of nitrogens with zero attached hydrogens (tertiary/aromatic N) is 5. The topological polar surface area (TPSA) is 120 Å². The van der Waals surface area contributed by atoms with Crippen LogP contribution in [0.3, 0.4) is 0 Å². The van der Waals surface area contributed by atoms with Gasteiger partial charge in [0.1, 0.15) is 17.3 Å². The van der Waals surface area contributed by atoms with Crippen LogP contribution in [0.1, 0.15) is 37.1 Å². The Bertz CT molecular complexity index is 1280. The highest BCUT2D eigenvalue weighted by molar-refractivity contribution is 5.61. The van der Waals surface area contributed by atoms with Crippen molar-refractivity contribution in [2.24, 2.45) is 0 Å². The van der Waals surface area contributed by atoms with Crippen LogP contribution in [0.4, 0.5) is 23.4 Å². The van der Waals surface area contributed by atoms with Crippen molar-refractivity contribution in [3.63, 3.8) is 0 Å². The maximum absolute atomic E-state index is 5.54. The van der Waals surface area contributed by atoms with Gasteiger partial charge < -0.3 is 25.4 Å². The second kappa shape index (κ2) is 9.38. The van der Waals surface area contributed by atoms with Gasteiger partial charge in [0.15, 0.2) is 11.6 Å². The molecule has 0 bridgehead atoms. The highest BCUT2D eigenvalue weighted by atomic mass is 16.5. The Morgan fingerprint density at radius 3 is 2.80 bits per heavy atom. The van der Waals surface area contributed by atoms with Gasteiger partial charge in [-0.2, -0.15) is 15.1 Å². The molecule has 10 nitrogen and oxygen atoms in total. The van der Waals surface area contributed by atoms with E-state index in [4.69, 9.17) is 14.5 Å². The summed E-state index contributed by atoms with van der Waals surface area (Å²) < 4.78 is 5.54. The highest BCUT2D eigenvalue weighted by Crippen LogP contribution is 2.39. The van der Waals surface area contributed by atoms with E-state index < -0.39 is 0 Å². The van der Waals surface area contributed by atoms with E-state index in [9.17, 15) is 0 Å². The number of hydrogen-bond acceptors (Lipinski definition) is 9. The first-order chi connectivity index (χ1) is 17.2. The molecule has 0 radical (unpaired) electrons. The summed E-state index contributed by atoms with van der Waals surface area (Å²) in [5.41, 5.74) is 3.00. The van der Waals surface area contributed by atoms with Crippen molar-refractivity contribution in [1.82, 2.24) is 30.6 Å². The third-order valence-corrected chi connectivity index (χ3v) is 6.33. The van der Waals surface area contributed by atoms with Crippen molar-refractivity contribution in [2.45, 2.75) is 38.3 Å². The van der Waals surface area contributed by atoms with E-state index in [1.807, 2.05) is 42.5 Å². The molecule has 6 rings (SSSR count). The van der Waals surface area contributed by atoms with Crippen molar-refractivity contribution in [3.8, 4) is 11.3 Å². The Labute approximate surface area is 203 Å². The first-order valence-electron chi connectivity index (χ1n) is 12.1. The van der Waals surface area contributed by atoms with Crippen molar-refractivity contribution in [1.29, 1.82) is 0 Å². The number of anilines is 4. The Balaban J connectivity index is 1.21. The third kappa shape index (κ3) is 5.12. The zero-order valence-electron chi connectivity index (χ0n) is 19.7. The van der Waals surface area contributed by atoms with Crippen LogP contribution in [0.2, 0.25) is 0 Å². The fourth-order valence-electron chi connectivity index (χ4n) is 4.32. The predicted molar refractivity (Wildman–Crippen MR) is 135 cm³/mol. The molecule has 1 aromatic carbocycles. The lowest BCUT2D eigenvalue weighted by Gasteiger charge is -2.33. The molecule has 0 spiro atoms. The molecule has 1 saturated heterocycles. The van der Waals surface area contributed by atoms with Gasteiger partial charge in [0, 0.05) is 61.1 Å². The summed E-state index contributed by atoms with van der Waals surface area (Å²) in [6.45, 7) is 5.29. The van der Waals surface area contributed by atoms with Gasteiger partial charge in [-0.25, -0.2) is 0 Å². The Hall–Kier alpha value is -3.92. The molecule has 2 aliphatic rings. The van der Waals surface area contributed by atoms with Crippen LogP contribution in [0.5, 0.6) is 0 Å². The quantitative estimate of drug-likeness (QED) is 0.303. The summed E-state index contributed by atoms with van der Waals surface area (Å²) >= 11 is 0. The molecular weight excluding hydrogens is 442 g/mol. The monoisotopic (exact) mass is 471 g/mol. The molecule has 10 heteroatoms.